The number of carbonyl (C=O) groups is 1. The molecule has 2 N–H and O–H groups in total. The standard InChI is InChI=1S/C18H24ClFN4O.HI/c1-3-16(25)24-8-7-11(10-24)22-18(21-2)23-15-9-12(15)17-13(19)5-4-6-14(17)20;/h4-6,11-12,15H,3,7-10H2,1-2H3,(H2,21,22,23);1H. The molecule has 0 aromatic heterocycles. The molecule has 1 aliphatic carbocycles. The Hall–Kier alpha value is -1.09. The lowest BCUT2D eigenvalue weighted by atomic mass is 10.1. The van der Waals surface area contributed by atoms with Gasteiger partial charge in [-0.3, -0.25) is 9.79 Å². The average Bonchev–Trinajstić information content (AvgIpc) is 3.17. The zero-order valence-electron chi connectivity index (χ0n) is 15.0. The molecule has 2 aliphatic rings. The summed E-state index contributed by atoms with van der Waals surface area (Å²) < 4.78 is 14.0. The number of benzene rings is 1. The number of halogens is 3. The highest BCUT2D eigenvalue weighted by molar-refractivity contribution is 14.0. The molecular weight excluding hydrogens is 470 g/mol. The summed E-state index contributed by atoms with van der Waals surface area (Å²) in [7, 11) is 1.71. The van der Waals surface area contributed by atoms with E-state index in [-0.39, 0.29) is 53.7 Å². The van der Waals surface area contributed by atoms with Crippen molar-refractivity contribution in [3.8, 4) is 0 Å². The molecule has 1 amide bonds. The van der Waals surface area contributed by atoms with Crippen LogP contribution in [-0.2, 0) is 4.79 Å². The number of nitrogens with one attached hydrogen (secondary N) is 2. The van der Waals surface area contributed by atoms with Crippen molar-refractivity contribution in [2.75, 3.05) is 20.1 Å². The van der Waals surface area contributed by atoms with E-state index in [1.807, 2.05) is 11.8 Å². The third kappa shape index (κ3) is 4.79. The molecule has 0 bridgehead atoms. The first-order chi connectivity index (χ1) is 12.0. The first-order valence-corrected chi connectivity index (χ1v) is 9.12. The molecule has 1 aromatic rings. The Kier molecular flexibility index (Phi) is 7.52. The monoisotopic (exact) mass is 494 g/mol. The fourth-order valence-electron chi connectivity index (χ4n) is 3.41. The van der Waals surface area contributed by atoms with E-state index in [2.05, 4.69) is 15.6 Å². The predicted octanol–water partition coefficient (Wildman–Crippen LogP) is 3.13. The molecule has 3 rings (SSSR count). The SMILES string of the molecule is CCC(=O)N1CCC(NC(=NC)NC2CC2c2c(F)cccc2Cl)C1.I. The van der Waals surface area contributed by atoms with Crippen LogP contribution in [0, 0.1) is 5.82 Å². The largest absolute Gasteiger partial charge is 0.353 e. The molecule has 2 fully saturated rings. The van der Waals surface area contributed by atoms with E-state index in [9.17, 15) is 9.18 Å². The number of hydrogen-bond acceptors (Lipinski definition) is 2. The van der Waals surface area contributed by atoms with E-state index in [0.29, 0.717) is 29.5 Å². The second-order valence-corrected chi connectivity index (χ2v) is 7.03. The molecule has 26 heavy (non-hydrogen) atoms. The summed E-state index contributed by atoms with van der Waals surface area (Å²) in [6, 6.07) is 5.10. The van der Waals surface area contributed by atoms with Crippen LogP contribution in [0.2, 0.25) is 5.02 Å². The van der Waals surface area contributed by atoms with E-state index in [1.54, 1.807) is 19.2 Å². The minimum absolute atomic E-state index is 0. The molecule has 0 radical (unpaired) electrons. The van der Waals surface area contributed by atoms with Crippen molar-refractivity contribution in [2.45, 2.75) is 44.2 Å². The first-order valence-electron chi connectivity index (χ1n) is 8.75. The van der Waals surface area contributed by atoms with Crippen LogP contribution in [0.3, 0.4) is 0 Å². The Balaban J connectivity index is 0.00000243. The van der Waals surface area contributed by atoms with E-state index < -0.39 is 0 Å². The molecule has 3 unspecified atom stereocenters. The summed E-state index contributed by atoms with van der Waals surface area (Å²) in [6.07, 6.45) is 2.26. The number of aliphatic imine (C=N–C) groups is 1. The van der Waals surface area contributed by atoms with Crippen LogP contribution in [-0.4, -0.2) is 49.0 Å². The fraction of sp³-hybridized carbons (Fsp3) is 0.556. The van der Waals surface area contributed by atoms with Gasteiger partial charge < -0.3 is 15.5 Å². The highest BCUT2D eigenvalue weighted by Gasteiger charge is 2.42. The van der Waals surface area contributed by atoms with Crippen molar-refractivity contribution in [2.24, 2.45) is 4.99 Å². The quantitative estimate of drug-likeness (QED) is 0.384. The van der Waals surface area contributed by atoms with Gasteiger partial charge in [0.25, 0.3) is 0 Å². The highest BCUT2D eigenvalue weighted by atomic mass is 127. The zero-order valence-corrected chi connectivity index (χ0v) is 18.1. The van der Waals surface area contributed by atoms with Crippen molar-refractivity contribution < 1.29 is 9.18 Å². The van der Waals surface area contributed by atoms with Crippen molar-refractivity contribution in [1.82, 2.24) is 15.5 Å². The van der Waals surface area contributed by atoms with Gasteiger partial charge in [0.05, 0.1) is 0 Å². The molecule has 8 heteroatoms. The van der Waals surface area contributed by atoms with Crippen LogP contribution in [0.4, 0.5) is 4.39 Å². The van der Waals surface area contributed by atoms with Gasteiger partial charge in [-0.05, 0) is 25.0 Å². The van der Waals surface area contributed by atoms with Crippen LogP contribution in [0.25, 0.3) is 0 Å². The molecule has 1 saturated carbocycles. The number of carbonyl (C=O) groups excluding carboxylic acids is 1. The van der Waals surface area contributed by atoms with Gasteiger partial charge in [-0.25, -0.2) is 4.39 Å². The lowest BCUT2D eigenvalue weighted by Crippen LogP contribution is -2.46. The van der Waals surface area contributed by atoms with Crippen LogP contribution in [0.5, 0.6) is 0 Å². The van der Waals surface area contributed by atoms with Crippen molar-refractivity contribution in [3.63, 3.8) is 0 Å². The van der Waals surface area contributed by atoms with Gasteiger partial charge in [0, 0.05) is 55.1 Å². The zero-order chi connectivity index (χ0) is 18.0. The summed E-state index contributed by atoms with van der Waals surface area (Å²) in [5, 5.41) is 7.18. The Labute approximate surface area is 175 Å². The fourth-order valence-corrected chi connectivity index (χ4v) is 3.71. The highest BCUT2D eigenvalue weighted by Crippen LogP contribution is 2.44. The maximum atomic E-state index is 14.0. The topological polar surface area (TPSA) is 56.7 Å². The van der Waals surface area contributed by atoms with Crippen molar-refractivity contribution in [3.05, 3.63) is 34.6 Å². The van der Waals surface area contributed by atoms with Crippen LogP contribution in [0.15, 0.2) is 23.2 Å². The van der Waals surface area contributed by atoms with Gasteiger partial charge in [0.1, 0.15) is 5.82 Å². The Bertz CT molecular complexity index is 667. The third-order valence-electron chi connectivity index (χ3n) is 4.89. The number of hydrogen-bond donors (Lipinski definition) is 2. The smallest absolute Gasteiger partial charge is 0.222 e. The van der Waals surface area contributed by atoms with Gasteiger partial charge in [-0.1, -0.05) is 24.6 Å². The summed E-state index contributed by atoms with van der Waals surface area (Å²) in [4.78, 5) is 17.9. The molecule has 144 valence electrons. The second-order valence-electron chi connectivity index (χ2n) is 6.62. The number of likely N-dealkylation sites (tertiary alicyclic amines) is 1. The van der Waals surface area contributed by atoms with Crippen LogP contribution >= 0.6 is 35.6 Å². The maximum absolute atomic E-state index is 14.0. The molecule has 1 heterocycles. The average molecular weight is 495 g/mol. The molecule has 1 aromatic carbocycles. The maximum Gasteiger partial charge on any atom is 0.222 e. The van der Waals surface area contributed by atoms with E-state index in [4.69, 9.17) is 11.6 Å². The van der Waals surface area contributed by atoms with Gasteiger partial charge >= 0.3 is 0 Å². The summed E-state index contributed by atoms with van der Waals surface area (Å²) >= 11 is 6.15. The second kappa shape index (κ2) is 9.21. The minimum atomic E-state index is -0.255. The summed E-state index contributed by atoms with van der Waals surface area (Å²) in [6.45, 7) is 3.35. The van der Waals surface area contributed by atoms with Gasteiger partial charge in [0.2, 0.25) is 5.91 Å². The number of guanidine groups is 1. The number of amides is 1. The van der Waals surface area contributed by atoms with E-state index in [0.717, 1.165) is 19.4 Å². The van der Waals surface area contributed by atoms with Gasteiger partial charge in [-0.2, -0.15) is 0 Å². The van der Waals surface area contributed by atoms with Gasteiger partial charge in [0.15, 0.2) is 5.96 Å². The Morgan fingerprint density at radius 3 is 2.85 bits per heavy atom. The minimum Gasteiger partial charge on any atom is -0.353 e. The number of nitrogens with zero attached hydrogens (tertiary/aromatic N) is 2. The molecule has 3 atom stereocenters. The summed E-state index contributed by atoms with van der Waals surface area (Å²) in [5.74, 6) is 0.683. The Morgan fingerprint density at radius 1 is 1.42 bits per heavy atom. The third-order valence-corrected chi connectivity index (χ3v) is 5.22. The molecule has 0 spiro atoms. The van der Waals surface area contributed by atoms with Gasteiger partial charge in [-0.15, -0.1) is 24.0 Å². The molecule has 1 saturated heterocycles. The van der Waals surface area contributed by atoms with E-state index in [1.165, 1.54) is 6.07 Å². The van der Waals surface area contributed by atoms with E-state index >= 15 is 0 Å². The normalized spacial score (nSPS) is 24.8. The molecule has 5 nitrogen and oxygen atoms in total. The van der Waals surface area contributed by atoms with Crippen LogP contribution < -0.4 is 10.6 Å². The molecular formula is C18H25ClFIN4O. The molecule has 1 aliphatic heterocycles. The Morgan fingerprint density at radius 2 is 2.19 bits per heavy atom. The summed E-state index contributed by atoms with van der Waals surface area (Å²) in [5.41, 5.74) is 0.581. The van der Waals surface area contributed by atoms with Crippen molar-refractivity contribution >= 4 is 47.4 Å². The number of rotatable bonds is 4. The van der Waals surface area contributed by atoms with Crippen molar-refractivity contribution in [1.29, 1.82) is 0 Å². The first kappa shape index (κ1) is 21.2. The predicted molar refractivity (Wildman–Crippen MR) is 113 cm³/mol. The lowest BCUT2D eigenvalue weighted by molar-refractivity contribution is -0.129. The lowest BCUT2D eigenvalue weighted by Gasteiger charge is -2.19. The van der Waals surface area contributed by atoms with Crippen LogP contribution in [0.1, 0.15) is 37.7 Å².